The van der Waals surface area contributed by atoms with Crippen molar-refractivity contribution in [2.24, 2.45) is 0 Å². The molecule has 17 nitrogen and oxygen atoms in total. The smallest absolute Gasteiger partial charge is 0.462 e. The molecule has 5 atom stereocenters. The molecule has 92 heavy (non-hydrogen) atoms. The third kappa shape index (κ3) is 65.7. The number of allylic oxidation sites excluding steroid dienone is 8. The first-order chi connectivity index (χ1) is 44.7. The fourth-order valence-electron chi connectivity index (χ4n) is 10.2. The Morgan fingerprint density at radius 1 is 0.315 bits per heavy atom. The molecule has 0 aromatic rings. The molecule has 3 N–H and O–H groups in total. The van der Waals surface area contributed by atoms with E-state index >= 15 is 0 Å². The lowest BCUT2D eigenvalue weighted by molar-refractivity contribution is -0.161. The van der Waals surface area contributed by atoms with Crippen LogP contribution in [0.15, 0.2) is 48.6 Å². The Bertz CT molecular complexity index is 1940. The topological polar surface area (TPSA) is 237 Å². The van der Waals surface area contributed by atoms with Gasteiger partial charge in [-0.3, -0.25) is 37.3 Å². The number of phosphoric ester groups is 2. The Morgan fingerprint density at radius 3 is 0.913 bits per heavy atom. The minimum atomic E-state index is -4.96. The Balaban J connectivity index is 5.29. The van der Waals surface area contributed by atoms with Crippen LogP contribution in [-0.4, -0.2) is 96.7 Å². The lowest BCUT2D eigenvalue weighted by Gasteiger charge is -2.21. The predicted molar refractivity (Wildman–Crippen MR) is 372 cm³/mol. The van der Waals surface area contributed by atoms with Crippen LogP contribution in [0.2, 0.25) is 0 Å². The molecule has 0 radical (unpaired) electrons. The van der Waals surface area contributed by atoms with Crippen LogP contribution in [0.4, 0.5) is 0 Å². The van der Waals surface area contributed by atoms with Crippen molar-refractivity contribution in [3.05, 3.63) is 48.6 Å². The van der Waals surface area contributed by atoms with E-state index in [0.717, 1.165) is 135 Å². The molecule has 0 amide bonds. The highest BCUT2D eigenvalue weighted by Crippen LogP contribution is 2.45. The molecule has 0 aromatic carbocycles. The fourth-order valence-corrected chi connectivity index (χ4v) is 11.7. The average molecular weight is 1350 g/mol. The van der Waals surface area contributed by atoms with E-state index in [1.807, 2.05) is 0 Å². The number of unbranched alkanes of at least 4 members (excludes halogenated alkanes) is 36. The first-order valence-electron chi connectivity index (χ1n) is 36.9. The van der Waals surface area contributed by atoms with Crippen molar-refractivity contribution in [1.82, 2.24) is 0 Å². The van der Waals surface area contributed by atoms with Crippen LogP contribution in [0.3, 0.4) is 0 Å². The highest BCUT2D eigenvalue weighted by atomic mass is 31.2. The molecule has 5 unspecified atom stereocenters. The molecule has 0 saturated heterocycles. The number of rotatable bonds is 70. The molecule has 538 valence electrons. The number of carbonyl (C=O) groups excluding carboxylic acids is 4. The van der Waals surface area contributed by atoms with Crippen LogP contribution in [0, 0.1) is 0 Å². The van der Waals surface area contributed by atoms with E-state index in [1.54, 1.807) is 0 Å². The maximum absolute atomic E-state index is 13.0. The molecule has 0 rings (SSSR count). The third-order valence-electron chi connectivity index (χ3n) is 15.8. The second-order valence-electron chi connectivity index (χ2n) is 24.9. The van der Waals surface area contributed by atoms with Gasteiger partial charge in [-0.15, -0.1) is 0 Å². The van der Waals surface area contributed by atoms with E-state index in [0.29, 0.717) is 25.7 Å². The molecular formula is C73H134O17P2. The van der Waals surface area contributed by atoms with E-state index in [9.17, 15) is 43.2 Å². The van der Waals surface area contributed by atoms with E-state index in [-0.39, 0.29) is 25.7 Å². The van der Waals surface area contributed by atoms with E-state index < -0.39 is 97.5 Å². The van der Waals surface area contributed by atoms with Crippen molar-refractivity contribution < 1.29 is 80.2 Å². The summed E-state index contributed by atoms with van der Waals surface area (Å²) in [5.41, 5.74) is 0. The third-order valence-corrected chi connectivity index (χ3v) is 17.7. The van der Waals surface area contributed by atoms with Gasteiger partial charge in [-0.05, 0) is 77.0 Å². The van der Waals surface area contributed by atoms with Crippen LogP contribution < -0.4 is 0 Å². The Hall–Kier alpha value is -2.98. The quantitative estimate of drug-likeness (QED) is 0.0169. The second-order valence-corrected chi connectivity index (χ2v) is 27.8. The SMILES string of the molecule is CC/C=C\C/C=C\C/C=C\CCCCCCCC(=O)OCC(COP(=O)(O)OCC(O)COP(=O)(O)OCC(COC(=O)CCCCCCCCCCCCCCC)OC(=O)CCCCCCCCCCCCCCC)OC(=O)CCCCCCC/C=C\CCCC. The number of aliphatic hydroxyl groups excluding tert-OH is 1. The van der Waals surface area contributed by atoms with Crippen molar-refractivity contribution in [3.63, 3.8) is 0 Å². The van der Waals surface area contributed by atoms with Crippen molar-refractivity contribution in [2.75, 3.05) is 39.6 Å². The summed E-state index contributed by atoms with van der Waals surface area (Å²) in [5.74, 6) is -2.17. The van der Waals surface area contributed by atoms with E-state index in [2.05, 4.69) is 76.3 Å². The predicted octanol–water partition coefficient (Wildman–Crippen LogP) is 20.6. The number of hydrogen-bond donors (Lipinski definition) is 3. The normalized spacial score (nSPS) is 14.3. The summed E-state index contributed by atoms with van der Waals surface area (Å²) in [4.78, 5) is 72.6. The maximum atomic E-state index is 13.0. The molecule has 0 aliphatic heterocycles. The van der Waals surface area contributed by atoms with Gasteiger partial charge < -0.3 is 33.8 Å². The minimum Gasteiger partial charge on any atom is -0.462 e. The molecule has 0 bridgehead atoms. The molecule has 0 aliphatic rings. The van der Waals surface area contributed by atoms with Crippen molar-refractivity contribution in [3.8, 4) is 0 Å². The van der Waals surface area contributed by atoms with Crippen molar-refractivity contribution in [1.29, 1.82) is 0 Å². The number of ether oxygens (including phenoxy) is 4. The Labute approximate surface area is 559 Å². The highest BCUT2D eigenvalue weighted by Gasteiger charge is 2.30. The van der Waals surface area contributed by atoms with Gasteiger partial charge >= 0.3 is 39.5 Å². The van der Waals surface area contributed by atoms with Gasteiger partial charge in [0.15, 0.2) is 12.2 Å². The largest absolute Gasteiger partial charge is 0.472 e. The molecule has 0 heterocycles. The number of hydrogen-bond acceptors (Lipinski definition) is 15. The lowest BCUT2D eigenvalue weighted by atomic mass is 10.0. The van der Waals surface area contributed by atoms with Gasteiger partial charge in [0.25, 0.3) is 0 Å². The first-order valence-corrected chi connectivity index (χ1v) is 39.9. The van der Waals surface area contributed by atoms with Gasteiger partial charge in [0.1, 0.15) is 19.3 Å². The standard InChI is InChI=1S/C73H134O17P2/c1-5-9-13-17-21-25-29-32-33-36-39-42-46-50-54-58-71(76)84-63-68(89-72(77)59-55-51-47-43-37-28-24-20-16-12-8-4)65-87-91(79,80)85-61-67(74)62-86-92(81,82)88-66-69(90-73(78)60-56-52-48-44-40-35-31-27-23-19-15-11-7-3)64-83-70(75)57-53-49-45-41-38-34-30-26-22-18-14-10-6-2/h9,13,20-21,24-25,32-33,67-69,74H,5-8,10-12,14-19,22-23,26-31,34-66H2,1-4H3,(H,79,80)(H,81,82)/b13-9-,24-20-,25-21-,33-32-. The molecule has 19 heteroatoms. The van der Waals surface area contributed by atoms with Gasteiger partial charge in [-0.2, -0.15) is 0 Å². The summed E-state index contributed by atoms with van der Waals surface area (Å²) in [5, 5.41) is 10.6. The summed E-state index contributed by atoms with van der Waals surface area (Å²) in [6.07, 6.45) is 61.1. The maximum Gasteiger partial charge on any atom is 0.472 e. The van der Waals surface area contributed by atoms with Gasteiger partial charge in [0.05, 0.1) is 26.4 Å². The summed E-state index contributed by atoms with van der Waals surface area (Å²) in [6.45, 7) is 4.74. The Morgan fingerprint density at radius 2 is 0.576 bits per heavy atom. The highest BCUT2D eigenvalue weighted by molar-refractivity contribution is 7.47. The fraction of sp³-hybridized carbons (Fsp3) is 0.836. The zero-order chi connectivity index (χ0) is 67.5. The van der Waals surface area contributed by atoms with Gasteiger partial charge in [0.2, 0.25) is 0 Å². The zero-order valence-corrected chi connectivity index (χ0v) is 60.3. The molecular weight excluding hydrogens is 1210 g/mol. The van der Waals surface area contributed by atoms with Crippen LogP contribution in [0.25, 0.3) is 0 Å². The second kappa shape index (κ2) is 66.6. The van der Waals surface area contributed by atoms with Crippen molar-refractivity contribution >= 4 is 39.5 Å². The number of esters is 4. The summed E-state index contributed by atoms with van der Waals surface area (Å²) in [7, 11) is -9.92. The van der Waals surface area contributed by atoms with E-state index in [4.69, 9.17) is 37.0 Å². The van der Waals surface area contributed by atoms with Gasteiger partial charge in [-0.1, -0.05) is 282 Å². The summed E-state index contributed by atoms with van der Waals surface area (Å²) >= 11 is 0. The van der Waals surface area contributed by atoms with Gasteiger partial charge in [0, 0.05) is 25.7 Å². The molecule has 0 saturated carbocycles. The van der Waals surface area contributed by atoms with Crippen molar-refractivity contribution in [2.45, 2.75) is 354 Å². The number of carbonyl (C=O) groups is 4. The van der Waals surface area contributed by atoms with E-state index in [1.165, 1.54) is 122 Å². The molecule has 0 spiro atoms. The first kappa shape index (κ1) is 89.0. The molecule has 0 aromatic heterocycles. The van der Waals surface area contributed by atoms with Crippen LogP contribution in [0.5, 0.6) is 0 Å². The zero-order valence-electron chi connectivity index (χ0n) is 58.5. The van der Waals surface area contributed by atoms with Crippen LogP contribution in [0.1, 0.15) is 336 Å². The minimum absolute atomic E-state index is 0.0847. The molecule has 0 fully saturated rings. The van der Waals surface area contributed by atoms with Crippen LogP contribution >= 0.6 is 15.6 Å². The lowest BCUT2D eigenvalue weighted by Crippen LogP contribution is -2.30. The number of aliphatic hydroxyl groups is 1. The average Bonchev–Trinajstić information content (AvgIpc) is 2.24. The van der Waals surface area contributed by atoms with Crippen LogP contribution in [-0.2, 0) is 65.4 Å². The summed E-state index contributed by atoms with van der Waals surface area (Å²) < 4.78 is 68.3. The Kier molecular flexibility index (Phi) is 64.5. The monoisotopic (exact) mass is 1340 g/mol. The summed E-state index contributed by atoms with van der Waals surface area (Å²) in [6, 6.07) is 0. The number of phosphoric acid groups is 2. The molecule has 0 aliphatic carbocycles. The van der Waals surface area contributed by atoms with Gasteiger partial charge in [-0.25, -0.2) is 9.13 Å².